The lowest BCUT2D eigenvalue weighted by Crippen LogP contribution is -2.73. The first-order valence-electron chi connectivity index (χ1n) is 13.3. The number of hydrogen-bond donors (Lipinski definition) is 1. The Balaban J connectivity index is 1.04. The molecule has 7 heteroatoms. The minimum absolute atomic E-state index is 0.123. The number of nitrogens with zero attached hydrogens (tertiary/aromatic N) is 2. The molecule has 0 unspecified atom stereocenters. The van der Waals surface area contributed by atoms with E-state index < -0.39 is 5.54 Å². The molecule has 4 aliphatic heterocycles. The molecule has 186 valence electrons. The molecule has 0 spiro atoms. The predicted octanol–water partition coefficient (Wildman–Crippen LogP) is 3.24. The van der Waals surface area contributed by atoms with Gasteiger partial charge in [-0.15, -0.1) is 0 Å². The Morgan fingerprint density at radius 3 is 2.58 bits per heavy atom. The minimum Gasteiger partial charge on any atom is -0.489 e. The van der Waals surface area contributed by atoms with Gasteiger partial charge in [-0.1, -0.05) is 30.3 Å². The molecule has 2 saturated carbocycles. The molecule has 7 nitrogen and oxygen atoms in total. The van der Waals surface area contributed by atoms with Crippen molar-refractivity contribution in [3.63, 3.8) is 0 Å². The molecule has 0 radical (unpaired) electrons. The number of piperidine rings is 2. The molecule has 3 amide bonds. The maximum Gasteiger partial charge on any atom is 0.255 e. The molecule has 2 aromatic carbocycles. The molecule has 2 aromatic rings. The van der Waals surface area contributed by atoms with Crippen molar-refractivity contribution in [2.45, 2.75) is 68.7 Å². The number of carbonyl (C=O) groups is 3. The third-order valence-electron chi connectivity index (χ3n) is 9.26. The normalized spacial score (nSPS) is 33.4. The zero-order valence-corrected chi connectivity index (χ0v) is 20.3. The van der Waals surface area contributed by atoms with Crippen LogP contribution in [0, 0.1) is 5.92 Å². The van der Waals surface area contributed by atoms with E-state index in [-0.39, 0.29) is 29.7 Å². The lowest BCUT2D eigenvalue weighted by Gasteiger charge is -2.53. The molecule has 1 N–H and O–H groups in total. The van der Waals surface area contributed by atoms with Crippen LogP contribution in [0.1, 0.15) is 65.9 Å². The van der Waals surface area contributed by atoms with Gasteiger partial charge in [-0.05, 0) is 80.3 Å². The Kier molecular flexibility index (Phi) is 5.00. The van der Waals surface area contributed by atoms with Crippen molar-refractivity contribution in [3.8, 4) is 5.75 Å². The van der Waals surface area contributed by atoms with Gasteiger partial charge in [0.1, 0.15) is 17.4 Å². The van der Waals surface area contributed by atoms with Gasteiger partial charge in [0.05, 0.1) is 0 Å². The summed E-state index contributed by atoms with van der Waals surface area (Å²) in [6.07, 6.45) is 5.56. The smallest absolute Gasteiger partial charge is 0.255 e. The van der Waals surface area contributed by atoms with Crippen LogP contribution in [0.15, 0.2) is 48.5 Å². The molecular formula is C29H31N3O4. The molecule has 4 heterocycles. The molecule has 3 atom stereocenters. The van der Waals surface area contributed by atoms with Crippen molar-refractivity contribution in [2.24, 2.45) is 5.92 Å². The number of rotatable bonds is 5. The van der Waals surface area contributed by atoms with E-state index in [0.29, 0.717) is 36.9 Å². The monoisotopic (exact) mass is 485 g/mol. The zero-order chi connectivity index (χ0) is 24.4. The third kappa shape index (κ3) is 3.32. The van der Waals surface area contributed by atoms with Crippen LogP contribution in [0.2, 0.25) is 0 Å². The summed E-state index contributed by atoms with van der Waals surface area (Å²) >= 11 is 0. The average molecular weight is 486 g/mol. The van der Waals surface area contributed by atoms with Crippen LogP contribution < -0.4 is 10.1 Å². The summed E-state index contributed by atoms with van der Waals surface area (Å²) in [6.45, 7) is 2.57. The van der Waals surface area contributed by atoms with E-state index in [9.17, 15) is 14.4 Å². The van der Waals surface area contributed by atoms with E-state index in [2.05, 4.69) is 40.5 Å². The van der Waals surface area contributed by atoms with Crippen molar-refractivity contribution < 1.29 is 19.1 Å². The van der Waals surface area contributed by atoms with Gasteiger partial charge in [-0.3, -0.25) is 24.6 Å². The van der Waals surface area contributed by atoms with Crippen molar-refractivity contribution in [1.82, 2.24) is 15.1 Å². The van der Waals surface area contributed by atoms with Crippen molar-refractivity contribution in [2.75, 3.05) is 13.1 Å². The summed E-state index contributed by atoms with van der Waals surface area (Å²) in [4.78, 5) is 42.0. The number of amides is 3. The van der Waals surface area contributed by atoms with Crippen LogP contribution in [-0.4, -0.2) is 58.3 Å². The largest absolute Gasteiger partial charge is 0.489 e. The Hall–Kier alpha value is -3.19. The molecule has 2 bridgehead atoms. The van der Waals surface area contributed by atoms with Crippen molar-refractivity contribution in [3.05, 3.63) is 65.2 Å². The first-order valence-corrected chi connectivity index (χ1v) is 13.3. The Bertz CT molecular complexity index is 1240. The standard InChI is InChI=1S/C29H31N3O4/c33-26-21-14-29(15-21,28(35)30-26)32-17-20-13-22(9-10-23(20)27(32)34)36-25-8-4-7-24(25)31-12-11-19(16-31)18-5-2-1-3-6-18/h1-3,5-6,9-10,13,19,21,24-25H,4,7-8,11-12,14-17H2,(H,30,33,35)/t19-,21?,24-,25-,29?/m0/s1. The summed E-state index contributed by atoms with van der Waals surface area (Å²) in [5, 5.41) is 2.45. The number of imide groups is 1. The summed E-state index contributed by atoms with van der Waals surface area (Å²) in [6, 6.07) is 17.0. The SMILES string of the molecule is O=C1NC(=O)C2(N3Cc4cc(O[C@H]5CCC[C@@H]5N5CC[C@H](c6ccccc6)C5)ccc4C3=O)CC1C2. The summed E-state index contributed by atoms with van der Waals surface area (Å²) in [5.74, 6) is 0.557. The molecule has 2 aliphatic carbocycles. The van der Waals surface area contributed by atoms with Crippen LogP contribution in [0.5, 0.6) is 5.75 Å². The molecule has 8 rings (SSSR count). The molecule has 6 aliphatic rings. The van der Waals surface area contributed by atoms with E-state index in [1.54, 1.807) is 4.90 Å². The molecule has 5 fully saturated rings. The van der Waals surface area contributed by atoms with Gasteiger partial charge < -0.3 is 9.64 Å². The van der Waals surface area contributed by atoms with Crippen molar-refractivity contribution >= 4 is 17.7 Å². The van der Waals surface area contributed by atoms with Gasteiger partial charge in [0, 0.05) is 30.6 Å². The molecule has 3 saturated heterocycles. The van der Waals surface area contributed by atoms with Gasteiger partial charge in [0.25, 0.3) is 11.8 Å². The van der Waals surface area contributed by atoms with Crippen LogP contribution in [0.3, 0.4) is 0 Å². The number of carbonyl (C=O) groups excluding carboxylic acids is 3. The molecule has 36 heavy (non-hydrogen) atoms. The van der Waals surface area contributed by atoms with Crippen molar-refractivity contribution in [1.29, 1.82) is 0 Å². The molecule has 0 aromatic heterocycles. The third-order valence-corrected chi connectivity index (χ3v) is 9.26. The highest BCUT2D eigenvalue weighted by molar-refractivity contribution is 6.10. The topological polar surface area (TPSA) is 79.0 Å². The fourth-order valence-corrected chi connectivity index (χ4v) is 7.24. The summed E-state index contributed by atoms with van der Waals surface area (Å²) in [5.41, 5.74) is 2.09. The second-order valence-electron chi connectivity index (χ2n) is 11.2. The highest BCUT2D eigenvalue weighted by atomic mass is 16.5. The fraction of sp³-hybridized carbons (Fsp3) is 0.483. The van der Waals surface area contributed by atoms with E-state index in [4.69, 9.17) is 4.74 Å². The first kappa shape index (κ1) is 22.0. The maximum absolute atomic E-state index is 13.2. The first-order chi connectivity index (χ1) is 17.5. The van der Waals surface area contributed by atoms with Gasteiger partial charge in [0.15, 0.2) is 0 Å². The van der Waals surface area contributed by atoms with E-state index in [0.717, 1.165) is 43.7 Å². The second-order valence-corrected chi connectivity index (χ2v) is 11.2. The van der Waals surface area contributed by atoms with Crippen LogP contribution in [0.4, 0.5) is 0 Å². The lowest BCUT2D eigenvalue weighted by atomic mass is 9.63. The second kappa shape index (κ2) is 8.17. The molecular weight excluding hydrogens is 454 g/mol. The van der Waals surface area contributed by atoms with Crippen LogP contribution >= 0.6 is 0 Å². The van der Waals surface area contributed by atoms with E-state index in [1.165, 1.54) is 12.0 Å². The quantitative estimate of drug-likeness (QED) is 0.658. The summed E-state index contributed by atoms with van der Waals surface area (Å²) in [7, 11) is 0. The summed E-state index contributed by atoms with van der Waals surface area (Å²) < 4.78 is 6.56. The van der Waals surface area contributed by atoms with Gasteiger partial charge in [-0.2, -0.15) is 0 Å². The maximum atomic E-state index is 13.2. The lowest BCUT2D eigenvalue weighted by molar-refractivity contribution is -0.160. The van der Waals surface area contributed by atoms with Gasteiger partial charge >= 0.3 is 0 Å². The number of fused-ring (bicyclic) bond motifs is 3. The number of nitrogens with one attached hydrogen (secondary N) is 1. The Morgan fingerprint density at radius 1 is 0.944 bits per heavy atom. The predicted molar refractivity (Wildman–Crippen MR) is 132 cm³/mol. The van der Waals surface area contributed by atoms with Gasteiger partial charge in [0.2, 0.25) is 5.91 Å². The van der Waals surface area contributed by atoms with Crippen LogP contribution in [-0.2, 0) is 16.1 Å². The number of ether oxygens (including phenoxy) is 1. The Labute approximate surface area is 210 Å². The Morgan fingerprint density at radius 2 is 1.78 bits per heavy atom. The van der Waals surface area contributed by atoms with Crippen LogP contribution in [0.25, 0.3) is 0 Å². The van der Waals surface area contributed by atoms with E-state index in [1.807, 2.05) is 18.2 Å². The highest BCUT2D eigenvalue weighted by Crippen LogP contribution is 2.49. The number of benzene rings is 2. The number of likely N-dealkylation sites (tertiary alicyclic amines) is 1. The average Bonchev–Trinajstić information content (AvgIpc) is 3.58. The minimum atomic E-state index is -0.878. The highest BCUT2D eigenvalue weighted by Gasteiger charge is 2.63. The fourth-order valence-electron chi connectivity index (χ4n) is 7.24. The van der Waals surface area contributed by atoms with Gasteiger partial charge in [-0.25, -0.2) is 0 Å². The zero-order valence-electron chi connectivity index (χ0n) is 20.3. The number of hydrogen-bond acceptors (Lipinski definition) is 5. The van der Waals surface area contributed by atoms with E-state index >= 15 is 0 Å².